The van der Waals surface area contributed by atoms with E-state index in [4.69, 9.17) is 9.84 Å². The minimum absolute atomic E-state index is 0.0196. The molecule has 0 aliphatic rings. The molecule has 3 aromatic carbocycles. The number of aryl methyl sites for hydroxylation is 1. The molecule has 34 heavy (non-hydrogen) atoms. The van der Waals surface area contributed by atoms with E-state index in [2.05, 4.69) is 6.92 Å². The van der Waals surface area contributed by atoms with Gasteiger partial charge in [0.2, 0.25) is 0 Å². The number of ether oxygens (including phenoxy) is 1. The molecular formula is C28H25NO5. The van der Waals surface area contributed by atoms with Gasteiger partial charge in [-0.1, -0.05) is 55.8 Å². The molecule has 0 aliphatic heterocycles. The third kappa shape index (κ3) is 4.91. The van der Waals surface area contributed by atoms with Crippen LogP contribution in [0.3, 0.4) is 0 Å². The molecule has 0 bridgehead atoms. The Morgan fingerprint density at radius 3 is 2.53 bits per heavy atom. The molecule has 1 heterocycles. The third-order valence-corrected chi connectivity index (χ3v) is 5.82. The maximum Gasteiger partial charge on any atom is 0.511 e. The van der Waals surface area contributed by atoms with E-state index in [-0.39, 0.29) is 11.2 Å². The van der Waals surface area contributed by atoms with E-state index in [9.17, 15) is 14.4 Å². The summed E-state index contributed by atoms with van der Waals surface area (Å²) in [7, 11) is 0. The van der Waals surface area contributed by atoms with Crippen LogP contribution in [-0.4, -0.2) is 22.1 Å². The van der Waals surface area contributed by atoms with Crippen LogP contribution in [0.4, 0.5) is 4.79 Å². The van der Waals surface area contributed by atoms with Crippen molar-refractivity contribution >= 4 is 23.3 Å². The number of benzene rings is 3. The lowest BCUT2D eigenvalue weighted by atomic mass is 10.0. The average molecular weight is 456 g/mol. The van der Waals surface area contributed by atoms with Gasteiger partial charge in [-0.3, -0.25) is 9.59 Å². The van der Waals surface area contributed by atoms with Gasteiger partial charge in [0.15, 0.2) is 5.43 Å². The Kier molecular flexibility index (Phi) is 6.87. The summed E-state index contributed by atoms with van der Waals surface area (Å²) < 4.78 is 6.96. The number of fused-ring (bicyclic) bond motifs is 1. The zero-order valence-corrected chi connectivity index (χ0v) is 18.9. The number of hydrogen-bond donors (Lipinski definition) is 1. The lowest BCUT2D eigenvalue weighted by Crippen LogP contribution is -2.16. The maximum atomic E-state index is 13.0. The standard InChI is InChI=1S/C28H25NO5/c1-2-3-6-22-17-29(25-14-11-20(18-30)15-24(25)27(22)31)16-19-9-12-21(13-10-19)23-7-4-5-8-26(23)34-28(32)33/h4-5,7-15,17-18H,2-3,6,16H2,1H3,(H,32,33). The summed E-state index contributed by atoms with van der Waals surface area (Å²) in [6, 6.07) is 20.0. The fourth-order valence-electron chi connectivity index (χ4n) is 4.10. The Morgan fingerprint density at radius 2 is 1.82 bits per heavy atom. The Morgan fingerprint density at radius 1 is 1.06 bits per heavy atom. The number of aldehydes is 1. The van der Waals surface area contributed by atoms with Crippen LogP contribution in [0, 0.1) is 0 Å². The van der Waals surface area contributed by atoms with Gasteiger partial charge in [-0.2, -0.15) is 0 Å². The van der Waals surface area contributed by atoms with E-state index in [0.29, 0.717) is 29.5 Å². The summed E-state index contributed by atoms with van der Waals surface area (Å²) in [4.78, 5) is 35.3. The number of hydrogen-bond acceptors (Lipinski definition) is 4. The van der Waals surface area contributed by atoms with Crippen molar-refractivity contribution in [3.63, 3.8) is 0 Å². The first-order chi connectivity index (χ1) is 16.5. The van der Waals surface area contributed by atoms with Crippen LogP contribution in [0.5, 0.6) is 5.75 Å². The van der Waals surface area contributed by atoms with Gasteiger partial charge >= 0.3 is 6.16 Å². The first-order valence-electron chi connectivity index (χ1n) is 11.2. The Labute approximate surface area is 197 Å². The summed E-state index contributed by atoms with van der Waals surface area (Å²) in [6.07, 6.45) is 3.92. The number of carbonyl (C=O) groups is 2. The van der Waals surface area contributed by atoms with Gasteiger partial charge < -0.3 is 14.4 Å². The molecule has 1 aromatic heterocycles. The summed E-state index contributed by atoms with van der Waals surface area (Å²) in [5.41, 5.74) is 4.53. The first kappa shape index (κ1) is 23.0. The van der Waals surface area contributed by atoms with Crippen LogP contribution in [0.1, 0.15) is 41.3 Å². The molecule has 6 heteroatoms. The summed E-state index contributed by atoms with van der Waals surface area (Å²) in [6.45, 7) is 2.63. The molecule has 0 unspecified atom stereocenters. The number of para-hydroxylation sites is 1. The normalized spacial score (nSPS) is 10.9. The minimum Gasteiger partial charge on any atom is -0.449 e. The van der Waals surface area contributed by atoms with Crippen molar-refractivity contribution < 1.29 is 19.4 Å². The summed E-state index contributed by atoms with van der Waals surface area (Å²) in [5, 5.41) is 9.55. The predicted octanol–water partition coefficient (Wildman–Crippen LogP) is 5.93. The van der Waals surface area contributed by atoms with E-state index in [1.54, 1.807) is 24.3 Å². The smallest absolute Gasteiger partial charge is 0.449 e. The zero-order valence-electron chi connectivity index (χ0n) is 18.9. The minimum atomic E-state index is -1.36. The van der Waals surface area contributed by atoms with Crippen molar-refractivity contribution in [2.24, 2.45) is 0 Å². The highest BCUT2D eigenvalue weighted by atomic mass is 16.7. The molecule has 1 N–H and O–H groups in total. The van der Waals surface area contributed by atoms with Gasteiger partial charge in [0.1, 0.15) is 12.0 Å². The van der Waals surface area contributed by atoms with Crippen molar-refractivity contribution in [2.45, 2.75) is 32.7 Å². The van der Waals surface area contributed by atoms with Gasteiger partial charge in [-0.15, -0.1) is 0 Å². The van der Waals surface area contributed by atoms with Crippen LogP contribution in [-0.2, 0) is 13.0 Å². The van der Waals surface area contributed by atoms with E-state index >= 15 is 0 Å². The van der Waals surface area contributed by atoms with Gasteiger partial charge in [-0.25, -0.2) is 4.79 Å². The zero-order chi connectivity index (χ0) is 24.1. The maximum absolute atomic E-state index is 13.0. The molecule has 0 amide bonds. The molecule has 0 spiro atoms. The molecule has 0 aliphatic carbocycles. The number of rotatable bonds is 8. The van der Waals surface area contributed by atoms with Crippen LogP contribution < -0.4 is 10.2 Å². The van der Waals surface area contributed by atoms with Crippen LogP contribution in [0.15, 0.2) is 77.7 Å². The Balaban J connectivity index is 1.70. The van der Waals surface area contributed by atoms with Gasteiger partial charge in [0.25, 0.3) is 0 Å². The monoisotopic (exact) mass is 455 g/mol. The van der Waals surface area contributed by atoms with Crippen molar-refractivity contribution in [3.8, 4) is 16.9 Å². The van der Waals surface area contributed by atoms with E-state index in [0.717, 1.165) is 41.3 Å². The predicted molar refractivity (Wildman–Crippen MR) is 132 cm³/mol. The molecule has 6 nitrogen and oxygen atoms in total. The molecule has 4 rings (SSSR count). The van der Waals surface area contributed by atoms with Crippen molar-refractivity contribution in [3.05, 3.63) is 99.8 Å². The van der Waals surface area contributed by atoms with Crippen LogP contribution in [0.2, 0.25) is 0 Å². The number of carboxylic acid groups (broad SMARTS) is 1. The number of nitrogens with zero attached hydrogens (tertiary/aromatic N) is 1. The molecular weight excluding hydrogens is 430 g/mol. The lowest BCUT2D eigenvalue weighted by Gasteiger charge is -2.15. The highest BCUT2D eigenvalue weighted by Crippen LogP contribution is 2.30. The topological polar surface area (TPSA) is 85.6 Å². The fourth-order valence-corrected chi connectivity index (χ4v) is 4.10. The van der Waals surface area contributed by atoms with E-state index < -0.39 is 6.16 Å². The van der Waals surface area contributed by atoms with Gasteiger partial charge in [-0.05, 0) is 48.2 Å². The number of carbonyl (C=O) groups excluding carboxylic acids is 1. The largest absolute Gasteiger partial charge is 0.511 e. The van der Waals surface area contributed by atoms with Crippen LogP contribution >= 0.6 is 0 Å². The molecule has 172 valence electrons. The highest BCUT2D eigenvalue weighted by Gasteiger charge is 2.12. The molecule has 0 saturated carbocycles. The van der Waals surface area contributed by atoms with Crippen LogP contribution in [0.25, 0.3) is 22.0 Å². The molecule has 0 atom stereocenters. The van der Waals surface area contributed by atoms with E-state index in [1.807, 2.05) is 53.2 Å². The number of unbranched alkanes of at least 4 members (excludes halogenated alkanes) is 1. The van der Waals surface area contributed by atoms with Crippen molar-refractivity contribution in [2.75, 3.05) is 0 Å². The molecule has 0 saturated heterocycles. The number of aromatic nitrogens is 1. The molecule has 0 radical (unpaired) electrons. The number of pyridine rings is 1. The first-order valence-corrected chi connectivity index (χ1v) is 11.2. The highest BCUT2D eigenvalue weighted by molar-refractivity contribution is 5.87. The average Bonchev–Trinajstić information content (AvgIpc) is 2.85. The summed E-state index contributed by atoms with van der Waals surface area (Å²) in [5.74, 6) is 0.278. The molecule has 4 aromatic rings. The van der Waals surface area contributed by atoms with Gasteiger partial charge in [0.05, 0.1) is 5.52 Å². The quantitative estimate of drug-likeness (QED) is 0.202. The SMILES string of the molecule is CCCCc1cn(Cc2ccc(-c3ccccc3OC(=O)O)cc2)c2ccc(C=O)cc2c1=O. The van der Waals surface area contributed by atoms with Crippen molar-refractivity contribution in [1.29, 1.82) is 0 Å². The summed E-state index contributed by atoms with van der Waals surface area (Å²) >= 11 is 0. The van der Waals surface area contributed by atoms with Crippen molar-refractivity contribution in [1.82, 2.24) is 4.57 Å². The second-order valence-corrected chi connectivity index (χ2v) is 8.17. The lowest BCUT2D eigenvalue weighted by molar-refractivity contribution is 0.112. The fraction of sp³-hybridized carbons (Fsp3) is 0.179. The molecule has 0 fully saturated rings. The Bertz CT molecular complexity index is 1400. The van der Waals surface area contributed by atoms with Gasteiger partial charge in [0, 0.05) is 34.8 Å². The third-order valence-electron chi connectivity index (χ3n) is 5.82. The second kappa shape index (κ2) is 10.2. The second-order valence-electron chi connectivity index (χ2n) is 8.17. The van der Waals surface area contributed by atoms with E-state index in [1.165, 1.54) is 0 Å². The Hall–Kier alpha value is -4.19.